The predicted octanol–water partition coefficient (Wildman–Crippen LogP) is 2.27. The number of carbonyl (C=O) groups excluding carboxylic acids is 2. The Kier molecular flexibility index (Phi) is 2.77. The molecule has 4 heteroatoms. The van der Waals surface area contributed by atoms with Crippen LogP contribution in [0, 0.1) is 0 Å². The minimum atomic E-state index is -0.235. The van der Waals surface area contributed by atoms with Crippen molar-refractivity contribution in [2.75, 3.05) is 0 Å². The van der Waals surface area contributed by atoms with Gasteiger partial charge in [0.05, 0.1) is 11.8 Å². The van der Waals surface area contributed by atoms with Crippen molar-refractivity contribution in [3.8, 4) is 0 Å². The van der Waals surface area contributed by atoms with Crippen LogP contribution in [0.4, 0.5) is 4.79 Å². The highest BCUT2D eigenvalue weighted by Gasteiger charge is 2.36. The lowest BCUT2D eigenvalue weighted by Gasteiger charge is -2.12. The molecule has 1 aromatic carbocycles. The number of imide groups is 1. The van der Waals surface area contributed by atoms with E-state index >= 15 is 0 Å². The fourth-order valence-corrected chi connectivity index (χ4v) is 2.30. The predicted molar refractivity (Wildman–Crippen MR) is 59.4 cm³/mol. The Morgan fingerprint density at radius 1 is 1.27 bits per heavy atom. The van der Waals surface area contributed by atoms with Crippen molar-refractivity contribution in [2.24, 2.45) is 0 Å². The number of carbonyl (C=O) groups is 2. The third-order valence-corrected chi connectivity index (χ3v) is 3.27. The molecule has 0 aromatic heterocycles. The zero-order chi connectivity index (χ0) is 10.8. The third-order valence-electron chi connectivity index (χ3n) is 2.30. The normalized spacial score (nSPS) is 21.1. The number of amides is 2. The highest BCUT2D eigenvalue weighted by molar-refractivity contribution is 8.15. The van der Waals surface area contributed by atoms with Crippen LogP contribution in [0.15, 0.2) is 30.3 Å². The molecule has 2 amide bonds. The Morgan fingerprint density at radius 2 is 1.93 bits per heavy atom. The molecule has 78 valence electrons. The summed E-state index contributed by atoms with van der Waals surface area (Å²) in [6.45, 7) is 2.14. The van der Waals surface area contributed by atoms with Gasteiger partial charge in [-0.2, -0.15) is 0 Å². The monoisotopic (exact) mass is 221 g/mol. The number of hydrogen-bond acceptors (Lipinski definition) is 3. The van der Waals surface area contributed by atoms with Gasteiger partial charge in [0.1, 0.15) is 0 Å². The van der Waals surface area contributed by atoms with Crippen LogP contribution in [0.5, 0.6) is 0 Å². The van der Waals surface area contributed by atoms with Gasteiger partial charge in [-0.05, 0) is 12.5 Å². The maximum Gasteiger partial charge on any atom is 0.289 e. The molecule has 0 bridgehead atoms. The van der Waals surface area contributed by atoms with Gasteiger partial charge in [0, 0.05) is 0 Å². The van der Waals surface area contributed by atoms with E-state index in [0.717, 1.165) is 17.3 Å². The topological polar surface area (TPSA) is 37.4 Å². The summed E-state index contributed by atoms with van der Waals surface area (Å²) < 4.78 is 0. The SMILES string of the molecule is C[C@H]1SC(=O)N(Cc2ccccc2)C1=O. The maximum absolute atomic E-state index is 11.6. The second-order valence-corrected chi connectivity index (χ2v) is 4.73. The van der Waals surface area contributed by atoms with Gasteiger partial charge in [0.15, 0.2) is 0 Å². The summed E-state index contributed by atoms with van der Waals surface area (Å²) in [5, 5.41) is -0.377. The van der Waals surface area contributed by atoms with Crippen LogP contribution >= 0.6 is 11.8 Å². The van der Waals surface area contributed by atoms with Gasteiger partial charge in [-0.3, -0.25) is 14.5 Å². The lowest BCUT2D eigenvalue weighted by Crippen LogP contribution is -2.30. The standard InChI is InChI=1S/C11H11NO2S/c1-8-10(13)12(11(14)15-8)7-9-5-3-2-4-6-9/h2-6,8H,7H2,1H3/t8-/m1/s1. The average molecular weight is 221 g/mol. The summed E-state index contributed by atoms with van der Waals surface area (Å²) in [6.07, 6.45) is 0. The Hall–Kier alpha value is -1.29. The lowest BCUT2D eigenvalue weighted by molar-refractivity contribution is -0.126. The average Bonchev–Trinajstić information content (AvgIpc) is 2.47. The van der Waals surface area contributed by atoms with Crippen LogP contribution in [-0.4, -0.2) is 21.3 Å². The van der Waals surface area contributed by atoms with Crippen molar-refractivity contribution in [1.82, 2.24) is 4.90 Å². The van der Waals surface area contributed by atoms with E-state index in [2.05, 4.69) is 0 Å². The first-order chi connectivity index (χ1) is 7.18. The summed E-state index contributed by atoms with van der Waals surface area (Å²) in [5.74, 6) is -0.0890. The minimum absolute atomic E-state index is 0.0890. The van der Waals surface area contributed by atoms with Crippen LogP contribution in [0.25, 0.3) is 0 Å². The minimum Gasteiger partial charge on any atom is -0.273 e. The number of benzene rings is 1. The van der Waals surface area contributed by atoms with E-state index in [1.54, 1.807) is 6.92 Å². The lowest BCUT2D eigenvalue weighted by atomic mass is 10.2. The van der Waals surface area contributed by atoms with Gasteiger partial charge in [-0.1, -0.05) is 42.1 Å². The second kappa shape index (κ2) is 4.06. The molecule has 1 aliphatic heterocycles. The molecule has 0 N–H and O–H groups in total. The zero-order valence-corrected chi connectivity index (χ0v) is 9.16. The summed E-state index contributed by atoms with van der Waals surface area (Å²) in [4.78, 5) is 24.4. The van der Waals surface area contributed by atoms with Crippen molar-refractivity contribution < 1.29 is 9.59 Å². The fraction of sp³-hybridized carbons (Fsp3) is 0.273. The molecule has 0 saturated carbocycles. The van der Waals surface area contributed by atoms with E-state index < -0.39 is 0 Å². The molecule has 1 saturated heterocycles. The maximum atomic E-state index is 11.6. The quantitative estimate of drug-likeness (QED) is 0.768. The first kappa shape index (κ1) is 10.2. The van der Waals surface area contributed by atoms with E-state index in [9.17, 15) is 9.59 Å². The smallest absolute Gasteiger partial charge is 0.273 e. The van der Waals surface area contributed by atoms with Crippen molar-refractivity contribution in [1.29, 1.82) is 0 Å². The zero-order valence-electron chi connectivity index (χ0n) is 8.34. The Bertz CT molecular complexity index is 391. The summed E-state index contributed by atoms with van der Waals surface area (Å²) in [7, 11) is 0. The van der Waals surface area contributed by atoms with Gasteiger partial charge < -0.3 is 0 Å². The summed E-state index contributed by atoms with van der Waals surface area (Å²) in [6, 6.07) is 9.53. The second-order valence-electron chi connectivity index (χ2n) is 3.44. The molecule has 1 aliphatic rings. The number of rotatable bonds is 2. The van der Waals surface area contributed by atoms with Crippen molar-refractivity contribution in [2.45, 2.75) is 18.7 Å². The van der Waals surface area contributed by atoms with Crippen LogP contribution in [0.1, 0.15) is 12.5 Å². The Labute approximate surface area is 92.5 Å². The highest BCUT2D eigenvalue weighted by atomic mass is 32.2. The number of nitrogens with zero attached hydrogens (tertiary/aromatic N) is 1. The van der Waals surface area contributed by atoms with E-state index in [1.807, 2.05) is 30.3 Å². The summed E-state index contributed by atoms with van der Waals surface area (Å²) >= 11 is 1.09. The molecule has 1 aromatic rings. The van der Waals surface area contributed by atoms with Crippen LogP contribution in [-0.2, 0) is 11.3 Å². The molecule has 1 fully saturated rings. The Morgan fingerprint density at radius 3 is 2.47 bits per heavy atom. The third kappa shape index (κ3) is 2.04. The molecule has 3 nitrogen and oxygen atoms in total. The molecule has 0 aliphatic carbocycles. The largest absolute Gasteiger partial charge is 0.289 e. The van der Waals surface area contributed by atoms with Crippen molar-refractivity contribution in [3.63, 3.8) is 0 Å². The molecule has 1 heterocycles. The molecular weight excluding hydrogens is 210 g/mol. The summed E-state index contributed by atoms with van der Waals surface area (Å²) in [5.41, 5.74) is 0.980. The van der Waals surface area contributed by atoms with Gasteiger partial charge in [-0.15, -0.1) is 0 Å². The number of thioether (sulfide) groups is 1. The van der Waals surface area contributed by atoms with Gasteiger partial charge in [-0.25, -0.2) is 0 Å². The molecule has 0 spiro atoms. The molecule has 1 atom stereocenters. The first-order valence-electron chi connectivity index (χ1n) is 4.74. The molecule has 0 radical (unpaired) electrons. The van der Waals surface area contributed by atoms with E-state index in [1.165, 1.54) is 4.90 Å². The van der Waals surface area contributed by atoms with Crippen LogP contribution < -0.4 is 0 Å². The van der Waals surface area contributed by atoms with Gasteiger partial charge in [0.25, 0.3) is 5.24 Å². The molecule has 0 unspecified atom stereocenters. The molecule has 15 heavy (non-hydrogen) atoms. The van der Waals surface area contributed by atoms with Crippen molar-refractivity contribution in [3.05, 3.63) is 35.9 Å². The Balaban J connectivity index is 2.13. The first-order valence-corrected chi connectivity index (χ1v) is 5.62. The van der Waals surface area contributed by atoms with Crippen LogP contribution in [0.2, 0.25) is 0 Å². The van der Waals surface area contributed by atoms with Gasteiger partial charge >= 0.3 is 0 Å². The van der Waals surface area contributed by atoms with E-state index in [-0.39, 0.29) is 16.4 Å². The van der Waals surface area contributed by atoms with Gasteiger partial charge in [0.2, 0.25) is 5.91 Å². The van der Waals surface area contributed by atoms with Crippen LogP contribution in [0.3, 0.4) is 0 Å². The van der Waals surface area contributed by atoms with E-state index in [4.69, 9.17) is 0 Å². The van der Waals surface area contributed by atoms with E-state index in [0.29, 0.717) is 6.54 Å². The molecular formula is C11H11NO2S. The fourth-order valence-electron chi connectivity index (χ4n) is 1.48. The molecule has 2 rings (SSSR count). The highest BCUT2D eigenvalue weighted by Crippen LogP contribution is 2.27. The van der Waals surface area contributed by atoms with Crippen molar-refractivity contribution >= 4 is 22.9 Å². The number of hydrogen-bond donors (Lipinski definition) is 0.